The first-order valence-corrected chi connectivity index (χ1v) is 7.82. The van der Waals surface area contributed by atoms with Crippen molar-refractivity contribution in [2.24, 2.45) is 5.16 Å². The fourth-order valence-corrected chi connectivity index (χ4v) is 2.03. The third-order valence-electron chi connectivity index (χ3n) is 2.97. The van der Waals surface area contributed by atoms with Crippen LogP contribution in [0, 0.1) is 0 Å². The summed E-state index contributed by atoms with van der Waals surface area (Å²) >= 11 is 0. The molecule has 2 aromatic carbocycles. The van der Waals surface area contributed by atoms with E-state index in [2.05, 4.69) is 9.44 Å². The van der Waals surface area contributed by atoms with Gasteiger partial charge >= 0.3 is 15.6 Å². The molecule has 0 heterocycles. The molecule has 0 aliphatic rings. The Morgan fingerprint density at radius 3 is 2.00 bits per heavy atom. The summed E-state index contributed by atoms with van der Waals surface area (Å²) in [5.74, 6) is 0. The lowest BCUT2D eigenvalue weighted by atomic mass is 10.0. The van der Waals surface area contributed by atoms with E-state index in [1.165, 1.54) is 6.92 Å². The molecule has 0 N–H and O–H groups in total. The maximum atomic E-state index is 12.1. The summed E-state index contributed by atoms with van der Waals surface area (Å²) in [5, 5.41) is 3.04. The molecule has 8 heteroatoms. The van der Waals surface area contributed by atoms with Crippen LogP contribution in [0.15, 0.2) is 59.8 Å². The summed E-state index contributed by atoms with van der Waals surface area (Å²) < 4.78 is 61.6. The molecule has 2 rings (SSSR count). The van der Waals surface area contributed by atoms with E-state index >= 15 is 0 Å². The van der Waals surface area contributed by atoms with E-state index in [-0.39, 0.29) is 5.71 Å². The average molecular weight is 343 g/mol. The summed E-state index contributed by atoms with van der Waals surface area (Å²) in [6.45, 7) is 1.35. The summed E-state index contributed by atoms with van der Waals surface area (Å²) in [5.41, 5.74) is -3.16. The van der Waals surface area contributed by atoms with Gasteiger partial charge in [-0.3, -0.25) is 4.28 Å². The monoisotopic (exact) mass is 343 g/mol. The highest BCUT2D eigenvalue weighted by molar-refractivity contribution is 7.87. The van der Waals surface area contributed by atoms with Crippen LogP contribution in [0.3, 0.4) is 0 Å². The highest BCUT2D eigenvalue weighted by Crippen LogP contribution is 2.25. The van der Waals surface area contributed by atoms with Crippen LogP contribution in [0.2, 0.25) is 0 Å². The molecular weight excluding hydrogens is 331 g/mol. The van der Waals surface area contributed by atoms with E-state index in [9.17, 15) is 21.6 Å². The number of benzene rings is 2. The molecule has 0 fully saturated rings. The van der Waals surface area contributed by atoms with Gasteiger partial charge in [-0.2, -0.15) is 21.6 Å². The third-order valence-corrected chi connectivity index (χ3v) is 3.80. The summed E-state index contributed by atoms with van der Waals surface area (Å²) in [6.07, 6.45) is 0. The van der Waals surface area contributed by atoms with E-state index in [0.29, 0.717) is 5.56 Å². The van der Waals surface area contributed by atoms with Crippen molar-refractivity contribution in [1.29, 1.82) is 0 Å². The highest BCUT2D eigenvalue weighted by atomic mass is 32.2. The van der Waals surface area contributed by atoms with Gasteiger partial charge in [-0.15, -0.1) is 0 Å². The van der Waals surface area contributed by atoms with Crippen molar-refractivity contribution >= 4 is 15.8 Å². The molecule has 0 bridgehead atoms. The molecule has 0 radical (unpaired) electrons. The van der Waals surface area contributed by atoms with Gasteiger partial charge in [-0.25, -0.2) is 0 Å². The quantitative estimate of drug-likeness (QED) is 0.480. The maximum Gasteiger partial charge on any atom is 0.536 e. The van der Waals surface area contributed by atoms with E-state index in [4.69, 9.17) is 0 Å². The Bertz CT molecular complexity index is 798. The minimum Gasteiger partial charge on any atom is -0.262 e. The minimum absolute atomic E-state index is 0.0115. The normalized spacial score (nSPS) is 13.0. The molecule has 0 atom stereocenters. The van der Waals surface area contributed by atoms with Crippen LogP contribution in [-0.4, -0.2) is 19.6 Å². The Labute approximate surface area is 131 Å². The van der Waals surface area contributed by atoms with Crippen molar-refractivity contribution < 1.29 is 25.9 Å². The number of nitrogens with zero attached hydrogens (tertiary/aromatic N) is 1. The lowest BCUT2D eigenvalue weighted by Crippen LogP contribution is -2.24. The molecular formula is C15H12F3NO3S. The van der Waals surface area contributed by atoms with Gasteiger partial charge in [-0.05, 0) is 23.6 Å². The number of halogens is 3. The van der Waals surface area contributed by atoms with Crippen LogP contribution in [0.4, 0.5) is 13.2 Å². The van der Waals surface area contributed by atoms with Crippen molar-refractivity contribution in [3.05, 3.63) is 60.2 Å². The average Bonchev–Trinajstić information content (AvgIpc) is 2.52. The second-order valence-corrected chi connectivity index (χ2v) is 6.11. The number of alkyl halides is 3. The topological polar surface area (TPSA) is 55.7 Å². The Kier molecular flexibility index (Phi) is 4.74. The van der Waals surface area contributed by atoms with Gasteiger partial charge in [0.05, 0.1) is 5.71 Å². The van der Waals surface area contributed by atoms with Gasteiger partial charge in [0.15, 0.2) is 0 Å². The molecule has 23 heavy (non-hydrogen) atoms. The smallest absolute Gasteiger partial charge is 0.262 e. The van der Waals surface area contributed by atoms with E-state index in [0.717, 1.165) is 11.1 Å². The first-order chi connectivity index (χ1) is 10.7. The SMILES string of the molecule is C/C(=N\OS(=O)(=O)C(F)(F)F)c1ccc(-c2ccccc2)cc1. The van der Waals surface area contributed by atoms with Crippen LogP contribution < -0.4 is 0 Å². The molecule has 0 aliphatic carbocycles. The molecule has 0 saturated heterocycles. The van der Waals surface area contributed by atoms with Crippen molar-refractivity contribution in [2.75, 3.05) is 0 Å². The predicted octanol–water partition coefficient (Wildman–Crippen LogP) is 3.94. The first-order valence-electron chi connectivity index (χ1n) is 6.41. The van der Waals surface area contributed by atoms with Gasteiger partial charge < -0.3 is 0 Å². The van der Waals surface area contributed by atoms with Crippen molar-refractivity contribution in [3.8, 4) is 11.1 Å². The molecule has 4 nitrogen and oxygen atoms in total. The Morgan fingerprint density at radius 2 is 1.48 bits per heavy atom. The van der Waals surface area contributed by atoms with Gasteiger partial charge in [-0.1, -0.05) is 59.8 Å². The molecule has 0 aromatic heterocycles. The van der Waals surface area contributed by atoms with E-state index in [1.807, 2.05) is 30.3 Å². The molecule has 122 valence electrons. The van der Waals surface area contributed by atoms with E-state index < -0.39 is 15.6 Å². The summed E-state index contributed by atoms with van der Waals surface area (Å²) in [4.78, 5) is 0. The van der Waals surface area contributed by atoms with Crippen LogP contribution in [-0.2, 0) is 14.4 Å². The first kappa shape index (κ1) is 17.0. The third kappa shape index (κ3) is 4.10. The van der Waals surface area contributed by atoms with Crippen LogP contribution in [0.5, 0.6) is 0 Å². The number of hydrogen-bond acceptors (Lipinski definition) is 4. The van der Waals surface area contributed by atoms with Crippen molar-refractivity contribution in [1.82, 2.24) is 0 Å². The molecule has 0 amide bonds. The lowest BCUT2D eigenvalue weighted by molar-refractivity contribution is -0.0540. The fraction of sp³-hybridized carbons (Fsp3) is 0.133. The zero-order valence-corrected chi connectivity index (χ0v) is 12.7. The number of oxime groups is 1. The second kappa shape index (κ2) is 6.41. The standard InChI is InChI=1S/C15H12F3NO3S/c1-11(19-22-23(20,21)15(16,17)18)12-7-9-14(10-8-12)13-5-3-2-4-6-13/h2-10H,1H3/b19-11+. The summed E-state index contributed by atoms with van der Waals surface area (Å²) in [6, 6.07) is 16.2. The number of hydrogen-bond donors (Lipinski definition) is 0. The number of rotatable bonds is 4. The zero-order valence-electron chi connectivity index (χ0n) is 11.9. The van der Waals surface area contributed by atoms with Crippen molar-refractivity contribution in [2.45, 2.75) is 12.4 Å². The molecule has 0 aliphatic heterocycles. The molecule has 0 unspecified atom stereocenters. The lowest BCUT2D eigenvalue weighted by Gasteiger charge is -2.06. The Balaban J connectivity index is 2.18. The predicted molar refractivity (Wildman–Crippen MR) is 80.1 cm³/mol. The second-order valence-electron chi connectivity index (χ2n) is 4.59. The summed E-state index contributed by atoms with van der Waals surface area (Å²) in [7, 11) is -5.74. The van der Waals surface area contributed by atoms with Crippen LogP contribution in [0.1, 0.15) is 12.5 Å². The Hall–Kier alpha value is -2.35. The zero-order chi connectivity index (χ0) is 17.1. The van der Waals surface area contributed by atoms with Gasteiger partial charge in [0.25, 0.3) is 0 Å². The van der Waals surface area contributed by atoms with Gasteiger partial charge in [0, 0.05) is 0 Å². The maximum absolute atomic E-state index is 12.1. The van der Waals surface area contributed by atoms with Crippen molar-refractivity contribution in [3.63, 3.8) is 0 Å². The van der Waals surface area contributed by atoms with Gasteiger partial charge in [0.2, 0.25) is 0 Å². The van der Waals surface area contributed by atoms with Crippen LogP contribution >= 0.6 is 0 Å². The minimum atomic E-state index is -5.74. The Morgan fingerprint density at radius 1 is 0.957 bits per heavy atom. The van der Waals surface area contributed by atoms with Gasteiger partial charge in [0.1, 0.15) is 0 Å². The van der Waals surface area contributed by atoms with E-state index in [1.54, 1.807) is 24.3 Å². The fourth-order valence-electron chi connectivity index (χ4n) is 1.73. The molecule has 0 saturated carbocycles. The highest BCUT2D eigenvalue weighted by Gasteiger charge is 2.49. The molecule has 0 spiro atoms. The van der Waals surface area contributed by atoms with Crippen LogP contribution in [0.25, 0.3) is 11.1 Å². The molecule has 2 aromatic rings. The largest absolute Gasteiger partial charge is 0.536 e.